The van der Waals surface area contributed by atoms with Crippen molar-refractivity contribution in [2.24, 2.45) is 0 Å². The van der Waals surface area contributed by atoms with Gasteiger partial charge in [0.1, 0.15) is 0 Å². The van der Waals surface area contributed by atoms with E-state index < -0.39 is 0 Å². The minimum atomic E-state index is -0.289. The largest absolute Gasteiger partial charge is 0.293 e. The number of carbonyl (C=O) groups excluding carboxylic acids is 1. The van der Waals surface area contributed by atoms with E-state index in [2.05, 4.69) is 15.9 Å². The zero-order valence-electron chi connectivity index (χ0n) is 7.43. The van der Waals surface area contributed by atoms with Gasteiger partial charge in [0.15, 0.2) is 5.78 Å². The summed E-state index contributed by atoms with van der Waals surface area (Å²) in [5.74, 6) is 0.236. The Bertz CT molecular complexity index is 385. The quantitative estimate of drug-likeness (QED) is 0.707. The van der Waals surface area contributed by atoms with Crippen molar-refractivity contribution in [2.45, 2.75) is 23.5 Å². The predicted octanol–water partition coefficient (Wildman–Crippen LogP) is 3.52. The molecule has 1 aliphatic heterocycles. The van der Waals surface area contributed by atoms with Gasteiger partial charge in [-0.25, -0.2) is 0 Å². The molecule has 0 N–H and O–H groups in total. The maximum Gasteiger partial charge on any atom is 0.179 e. The van der Waals surface area contributed by atoms with Crippen LogP contribution in [0.5, 0.6) is 0 Å². The van der Waals surface area contributed by atoms with Crippen LogP contribution in [0.25, 0.3) is 0 Å². The summed E-state index contributed by atoms with van der Waals surface area (Å²) in [6.07, 6.45) is 0. The van der Waals surface area contributed by atoms with Crippen molar-refractivity contribution in [3.8, 4) is 0 Å². The Morgan fingerprint density at radius 3 is 2.77 bits per heavy atom. The summed E-state index contributed by atoms with van der Waals surface area (Å²) < 4.78 is 0.743. The van der Waals surface area contributed by atoms with E-state index in [9.17, 15) is 4.79 Å². The topological polar surface area (TPSA) is 17.1 Å². The van der Waals surface area contributed by atoms with Crippen LogP contribution in [-0.2, 0) is 0 Å². The van der Waals surface area contributed by atoms with Crippen LogP contribution in [0.15, 0.2) is 27.6 Å². The summed E-state index contributed by atoms with van der Waals surface area (Å²) in [4.78, 5) is 12.9. The van der Waals surface area contributed by atoms with Gasteiger partial charge in [-0.15, -0.1) is 11.8 Å². The fourth-order valence-corrected chi connectivity index (χ4v) is 3.14. The second-order valence-electron chi connectivity index (χ2n) is 3.58. The number of hydrogen-bond acceptors (Lipinski definition) is 2. The molecule has 0 spiro atoms. The van der Waals surface area contributed by atoms with Crippen LogP contribution in [0.3, 0.4) is 0 Å². The lowest BCUT2D eigenvalue weighted by Gasteiger charge is -2.11. The molecule has 1 nitrogen and oxygen atoms in total. The number of halogens is 1. The molecule has 0 aliphatic carbocycles. The van der Waals surface area contributed by atoms with E-state index in [0.29, 0.717) is 0 Å². The van der Waals surface area contributed by atoms with Crippen LogP contribution in [0.2, 0.25) is 0 Å². The van der Waals surface area contributed by atoms with E-state index in [4.69, 9.17) is 0 Å². The summed E-state index contributed by atoms with van der Waals surface area (Å²) in [5, 5.41) is 0. The van der Waals surface area contributed by atoms with Crippen molar-refractivity contribution >= 4 is 33.5 Å². The molecular weight excluding hydrogens is 248 g/mol. The smallest absolute Gasteiger partial charge is 0.179 e. The van der Waals surface area contributed by atoms with Gasteiger partial charge in [-0.2, -0.15) is 0 Å². The molecule has 0 saturated carbocycles. The molecule has 0 saturated heterocycles. The Kier molecular flexibility index (Phi) is 2.04. The number of Topliss-reactive ketones (excluding diaryl/α,β-unsaturated/α-hetero) is 1. The third kappa shape index (κ3) is 1.44. The zero-order chi connectivity index (χ0) is 9.64. The lowest BCUT2D eigenvalue weighted by atomic mass is 10.0. The highest BCUT2D eigenvalue weighted by atomic mass is 79.9. The zero-order valence-corrected chi connectivity index (χ0v) is 9.83. The number of hydrogen-bond donors (Lipinski definition) is 0. The monoisotopic (exact) mass is 256 g/mol. The third-order valence-corrected chi connectivity index (χ3v) is 3.85. The van der Waals surface area contributed by atoms with E-state index in [1.807, 2.05) is 32.0 Å². The van der Waals surface area contributed by atoms with Crippen molar-refractivity contribution in [1.29, 1.82) is 0 Å². The molecule has 13 heavy (non-hydrogen) atoms. The van der Waals surface area contributed by atoms with Crippen molar-refractivity contribution in [2.75, 3.05) is 0 Å². The maximum atomic E-state index is 11.8. The first-order valence-corrected chi connectivity index (χ1v) is 5.65. The fraction of sp³-hybridized carbons (Fsp3) is 0.300. The summed E-state index contributed by atoms with van der Waals surface area (Å²) in [7, 11) is 0. The molecule has 68 valence electrons. The number of benzene rings is 1. The molecule has 1 aliphatic rings. The molecule has 0 bridgehead atoms. The molecule has 3 heteroatoms. The molecule has 1 aromatic rings. The third-order valence-electron chi connectivity index (χ3n) is 2.10. The normalized spacial score (nSPS) is 18.8. The van der Waals surface area contributed by atoms with Gasteiger partial charge in [-0.1, -0.05) is 15.9 Å². The van der Waals surface area contributed by atoms with E-state index in [1.165, 1.54) is 0 Å². The van der Waals surface area contributed by atoms with Crippen molar-refractivity contribution in [3.05, 3.63) is 28.2 Å². The van der Waals surface area contributed by atoms with Gasteiger partial charge in [-0.05, 0) is 32.0 Å². The Balaban J connectivity index is 2.57. The summed E-state index contributed by atoms with van der Waals surface area (Å²) >= 11 is 5.03. The number of ketones is 1. The second-order valence-corrected chi connectivity index (χ2v) is 6.16. The van der Waals surface area contributed by atoms with E-state index in [-0.39, 0.29) is 10.5 Å². The highest BCUT2D eigenvalue weighted by Crippen LogP contribution is 2.45. The molecule has 1 aromatic carbocycles. The molecule has 0 atom stereocenters. The number of rotatable bonds is 0. The Morgan fingerprint density at radius 1 is 1.38 bits per heavy atom. The Hall–Kier alpha value is -0.280. The predicted molar refractivity (Wildman–Crippen MR) is 58.4 cm³/mol. The average Bonchev–Trinajstić information content (AvgIpc) is 2.22. The van der Waals surface area contributed by atoms with Gasteiger partial charge in [-0.3, -0.25) is 4.79 Å². The lowest BCUT2D eigenvalue weighted by molar-refractivity contribution is 0.0961. The molecule has 2 rings (SSSR count). The molecule has 0 fully saturated rings. The van der Waals surface area contributed by atoms with E-state index >= 15 is 0 Å². The second kappa shape index (κ2) is 2.85. The van der Waals surface area contributed by atoms with Gasteiger partial charge in [0.25, 0.3) is 0 Å². The molecule has 1 heterocycles. The molecule has 0 amide bonds. The molecular formula is C10H9BrOS. The fourth-order valence-electron chi connectivity index (χ4n) is 1.41. The van der Waals surface area contributed by atoms with Crippen LogP contribution in [0.4, 0.5) is 0 Å². The van der Waals surface area contributed by atoms with Crippen LogP contribution >= 0.6 is 27.7 Å². The van der Waals surface area contributed by atoms with Crippen LogP contribution in [0, 0.1) is 0 Å². The maximum absolute atomic E-state index is 11.8. The first-order valence-electron chi connectivity index (χ1n) is 4.04. The SMILES string of the molecule is CC1(C)Sc2cc(Br)ccc2C1=O. The van der Waals surface area contributed by atoms with Gasteiger partial charge in [0.2, 0.25) is 0 Å². The van der Waals surface area contributed by atoms with Crippen LogP contribution in [-0.4, -0.2) is 10.5 Å². The Labute approximate surface area is 90.0 Å². The van der Waals surface area contributed by atoms with Crippen molar-refractivity contribution < 1.29 is 4.79 Å². The lowest BCUT2D eigenvalue weighted by Crippen LogP contribution is -2.21. The molecule has 0 radical (unpaired) electrons. The van der Waals surface area contributed by atoms with Gasteiger partial charge < -0.3 is 0 Å². The first kappa shape index (κ1) is 9.28. The standard InChI is InChI=1S/C10H9BrOS/c1-10(2)9(12)7-4-3-6(11)5-8(7)13-10/h3-5H,1-2H3. The molecule has 0 unspecified atom stereocenters. The van der Waals surface area contributed by atoms with Crippen molar-refractivity contribution in [3.63, 3.8) is 0 Å². The summed E-state index contributed by atoms with van der Waals surface area (Å²) in [5.41, 5.74) is 0.859. The summed E-state index contributed by atoms with van der Waals surface area (Å²) in [6.45, 7) is 3.93. The van der Waals surface area contributed by atoms with Gasteiger partial charge >= 0.3 is 0 Å². The van der Waals surface area contributed by atoms with Crippen LogP contribution in [0.1, 0.15) is 24.2 Å². The Morgan fingerprint density at radius 2 is 2.08 bits per heavy atom. The van der Waals surface area contributed by atoms with Gasteiger partial charge in [0, 0.05) is 14.9 Å². The number of thioether (sulfide) groups is 1. The minimum absolute atomic E-state index is 0.236. The van der Waals surface area contributed by atoms with E-state index in [0.717, 1.165) is 14.9 Å². The number of carbonyl (C=O) groups is 1. The summed E-state index contributed by atoms with van der Waals surface area (Å²) in [6, 6.07) is 5.81. The number of fused-ring (bicyclic) bond motifs is 1. The minimum Gasteiger partial charge on any atom is -0.293 e. The van der Waals surface area contributed by atoms with Gasteiger partial charge in [0.05, 0.1) is 4.75 Å². The molecule has 0 aromatic heterocycles. The van der Waals surface area contributed by atoms with E-state index in [1.54, 1.807) is 11.8 Å². The van der Waals surface area contributed by atoms with Crippen molar-refractivity contribution in [1.82, 2.24) is 0 Å². The van der Waals surface area contributed by atoms with Crippen LogP contribution < -0.4 is 0 Å². The highest BCUT2D eigenvalue weighted by Gasteiger charge is 2.38. The first-order chi connectivity index (χ1) is 6.00. The average molecular weight is 257 g/mol. The highest BCUT2D eigenvalue weighted by molar-refractivity contribution is 9.10.